The predicted molar refractivity (Wildman–Crippen MR) is 299 cm³/mol. The van der Waals surface area contributed by atoms with Crippen molar-refractivity contribution in [3.63, 3.8) is 0 Å². The molecule has 3 nitrogen and oxygen atoms in total. The number of hydrogen-bond donors (Lipinski definition) is 1. The molecule has 0 bridgehead atoms. The highest BCUT2D eigenvalue weighted by atomic mass is 16.3. The summed E-state index contributed by atoms with van der Waals surface area (Å²) in [5, 5.41) is 8.97. The highest BCUT2D eigenvalue weighted by Crippen LogP contribution is 2.57. The monoisotopic (exact) mass is 908 g/mol. The van der Waals surface area contributed by atoms with Crippen molar-refractivity contribution >= 4 is 73.3 Å². The quantitative estimate of drug-likeness (QED) is 0.179. The first-order chi connectivity index (χ1) is 33.3. The molecule has 2 aromatic heterocycles. The smallest absolute Gasteiger partial charge is 0.198 e. The maximum Gasteiger partial charge on any atom is 0.198 e. The molecule has 0 atom stereocenters. The average molecular weight is 909 g/mol. The highest BCUT2D eigenvalue weighted by Gasteiger charge is 2.44. The molecule has 3 heterocycles. The van der Waals surface area contributed by atoms with Gasteiger partial charge in [0.25, 0.3) is 0 Å². The Bertz CT molecular complexity index is 3970. The fourth-order valence-corrected chi connectivity index (χ4v) is 13.9. The molecule has 0 amide bonds. The van der Waals surface area contributed by atoms with Crippen molar-refractivity contribution in [1.82, 2.24) is 4.57 Å². The molecule has 0 saturated carbocycles. The van der Waals surface area contributed by atoms with Crippen molar-refractivity contribution in [3.8, 4) is 39.1 Å². The van der Waals surface area contributed by atoms with Gasteiger partial charge in [0.15, 0.2) is 7.28 Å². The molecule has 10 aromatic rings. The average Bonchev–Trinajstić information content (AvgIpc) is 4.01. The van der Waals surface area contributed by atoms with Gasteiger partial charge in [-0.1, -0.05) is 160 Å². The van der Waals surface area contributed by atoms with E-state index in [0.29, 0.717) is 0 Å². The van der Waals surface area contributed by atoms with Gasteiger partial charge in [-0.15, -0.1) is 0 Å². The Labute approximate surface area is 413 Å². The molecule has 0 saturated heterocycles. The summed E-state index contributed by atoms with van der Waals surface area (Å²) in [7, 11) is 0.822. The van der Waals surface area contributed by atoms with Crippen LogP contribution in [0.1, 0.15) is 128 Å². The van der Waals surface area contributed by atoms with Crippen LogP contribution in [0.2, 0.25) is 0 Å². The normalized spacial score (nSPS) is 17.2. The number of hydrogen-bond acceptors (Lipinski definition) is 2. The fourth-order valence-electron chi connectivity index (χ4n) is 13.9. The van der Waals surface area contributed by atoms with Crippen LogP contribution in [0.4, 0.5) is 11.4 Å². The van der Waals surface area contributed by atoms with Crippen LogP contribution in [0, 0.1) is 0 Å². The van der Waals surface area contributed by atoms with Crippen molar-refractivity contribution in [2.24, 2.45) is 0 Å². The first-order valence-corrected chi connectivity index (χ1v) is 25.8. The molecule has 3 aliphatic carbocycles. The lowest BCUT2D eigenvalue weighted by Gasteiger charge is -2.42. The highest BCUT2D eigenvalue weighted by molar-refractivity contribution is 6.73. The summed E-state index contributed by atoms with van der Waals surface area (Å²) in [5.41, 5.74) is 28.6. The largest absolute Gasteiger partial charge is 0.456 e. The topological polar surface area (TPSA) is 30.1 Å². The van der Waals surface area contributed by atoms with Crippen LogP contribution >= 0.6 is 0 Å². The standard InChI is InChI=1S/C66H61BN2O/c1-62(2,3)36-20-22-37(23-21-36)68-53-35-49-42(43-31-50-51(33-47(43)66(49,10)11)64(6,7)29-28-63(50,4)5)30-45(53)39-24-25-41-58-54(26-27-57-59(58)40-17-13-15-19-56(40)70-57)69-55-32-44-38-16-12-14-18-46(38)65(8,9)48(44)34-52(55)67-60(39)61(41)69/h12-27,30-35,67-68H,28-29H2,1-11H3. The fraction of sp³-hybridized carbons (Fsp3) is 0.273. The molecule has 14 rings (SSSR count). The van der Waals surface area contributed by atoms with Gasteiger partial charge in [0.1, 0.15) is 11.2 Å². The van der Waals surface area contributed by atoms with E-state index in [2.05, 4.69) is 220 Å². The van der Waals surface area contributed by atoms with Crippen molar-refractivity contribution < 1.29 is 4.42 Å². The number of furan rings is 1. The first-order valence-electron chi connectivity index (χ1n) is 25.8. The van der Waals surface area contributed by atoms with Crippen LogP contribution < -0.4 is 16.2 Å². The minimum absolute atomic E-state index is 0.0641. The molecule has 0 spiro atoms. The van der Waals surface area contributed by atoms with Gasteiger partial charge in [0, 0.05) is 60.5 Å². The second kappa shape index (κ2) is 13.5. The molecule has 0 radical (unpaired) electrons. The summed E-state index contributed by atoms with van der Waals surface area (Å²) in [5.74, 6) is 0. The van der Waals surface area contributed by atoms with Crippen LogP contribution in [-0.4, -0.2) is 11.8 Å². The zero-order valence-corrected chi connectivity index (χ0v) is 42.7. The molecule has 70 heavy (non-hydrogen) atoms. The molecule has 4 aliphatic rings. The summed E-state index contributed by atoms with van der Waals surface area (Å²) in [6, 6.07) is 51.6. The molecule has 344 valence electrons. The molecule has 8 aromatic carbocycles. The summed E-state index contributed by atoms with van der Waals surface area (Å²) in [6.07, 6.45) is 2.39. The number of nitrogens with one attached hydrogen (secondary N) is 1. The number of nitrogens with zero attached hydrogens (tertiary/aromatic N) is 1. The lowest BCUT2D eigenvalue weighted by atomic mass is 9.58. The molecular formula is C66H61BN2O. The van der Waals surface area contributed by atoms with E-state index in [0.717, 1.165) is 35.2 Å². The van der Waals surface area contributed by atoms with Gasteiger partial charge >= 0.3 is 0 Å². The summed E-state index contributed by atoms with van der Waals surface area (Å²) in [4.78, 5) is 0. The molecule has 1 N–H and O–H groups in total. The first kappa shape index (κ1) is 42.1. The van der Waals surface area contributed by atoms with Gasteiger partial charge in [-0.25, -0.2) is 0 Å². The number of benzene rings is 8. The third kappa shape index (κ3) is 5.54. The van der Waals surface area contributed by atoms with E-state index in [9.17, 15) is 0 Å². The molecule has 1 aliphatic heterocycles. The number of anilines is 2. The second-order valence-electron chi connectivity index (χ2n) is 24.9. The third-order valence-corrected chi connectivity index (χ3v) is 18.0. The van der Waals surface area contributed by atoms with Crippen LogP contribution in [0.5, 0.6) is 0 Å². The maximum atomic E-state index is 6.61. The Morgan fingerprint density at radius 3 is 1.94 bits per heavy atom. The summed E-state index contributed by atoms with van der Waals surface area (Å²) >= 11 is 0. The zero-order chi connectivity index (χ0) is 48.2. The Hall–Kier alpha value is -6.78. The summed E-state index contributed by atoms with van der Waals surface area (Å²) in [6.45, 7) is 26.4. The van der Waals surface area contributed by atoms with Gasteiger partial charge in [-0.3, -0.25) is 0 Å². The third-order valence-electron chi connectivity index (χ3n) is 18.0. The van der Waals surface area contributed by atoms with Crippen LogP contribution in [0.25, 0.3) is 82.8 Å². The minimum atomic E-state index is -0.185. The van der Waals surface area contributed by atoms with E-state index in [1.54, 1.807) is 0 Å². The Morgan fingerprint density at radius 2 is 1.17 bits per heavy atom. The van der Waals surface area contributed by atoms with E-state index in [1.165, 1.54) is 129 Å². The van der Waals surface area contributed by atoms with Gasteiger partial charge < -0.3 is 14.3 Å². The number of para-hydroxylation sites is 1. The lowest BCUT2D eigenvalue weighted by Crippen LogP contribution is -2.38. The predicted octanol–water partition coefficient (Wildman–Crippen LogP) is 16.1. The molecule has 0 fully saturated rings. The van der Waals surface area contributed by atoms with Crippen LogP contribution in [-0.2, 0) is 27.1 Å². The number of aromatic nitrogens is 1. The van der Waals surface area contributed by atoms with Crippen molar-refractivity contribution in [1.29, 1.82) is 0 Å². The van der Waals surface area contributed by atoms with Gasteiger partial charge in [-0.05, 0) is 156 Å². The SMILES string of the molecule is CC(C)(C)c1ccc(Nc2cc3c(cc2-c2ccc4c5c6c(ccc5n5c4c2Bc2cc4c(cc2-5)-c2ccccc2C4(C)C)oc2ccccc26)-c2cc4c(cc2C3(C)C)C(C)(C)CCC4(C)C)cc1. The minimum Gasteiger partial charge on any atom is -0.456 e. The summed E-state index contributed by atoms with van der Waals surface area (Å²) < 4.78 is 9.23. The van der Waals surface area contributed by atoms with Crippen molar-refractivity contribution in [2.75, 3.05) is 5.32 Å². The van der Waals surface area contributed by atoms with Crippen LogP contribution in [0.15, 0.2) is 138 Å². The van der Waals surface area contributed by atoms with Gasteiger partial charge in [-0.2, -0.15) is 0 Å². The molecule has 0 unspecified atom stereocenters. The number of rotatable bonds is 3. The van der Waals surface area contributed by atoms with Gasteiger partial charge in [0.05, 0.1) is 5.52 Å². The molecular weight excluding hydrogens is 848 g/mol. The zero-order valence-electron chi connectivity index (χ0n) is 42.7. The van der Waals surface area contributed by atoms with E-state index in [1.807, 2.05) is 0 Å². The van der Waals surface area contributed by atoms with E-state index < -0.39 is 0 Å². The Morgan fingerprint density at radius 1 is 0.514 bits per heavy atom. The second-order valence-corrected chi connectivity index (χ2v) is 24.9. The Balaban J connectivity index is 1.07. The van der Waals surface area contributed by atoms with E-state index in [4.69, 9.17) is 4.42 Å². The van der Waals surface area contributed by atoms with E-state index >= 15 is 0 Å². The van der Waals surface area contributed by atoms with Gasteiger partial charge in [0.2, 0.25) is 0 Å². The van der Waals surface area contributed by atoms with Crippen LogP contribution in [0.3, 0.4) is 0 Å². The molecule has 4 heteroatoms. The lowest BCUT2D eigenvalue weighted by molar-refractivity contribution is 0.331. The van der Waals surface area contributed by atoms with Crippen molar-refractivity contribution in [2.45, 2.75) is 116 Å². The van der Waals surface area contributed by atoms with Crippen molar-refractivity contribution in [3.05, 3.63) is 172 Å². The Kier molecular flexibility index (Phi) is 8.15. The van der Waals surface area contributed by atoms with E-state index in [-0.39, 0.29) is 27.1 Å². The maximum absolute atomic E-state index is 6.61. The number of fused-ring (bicyclic) bond motifs is 16.